The molecule has 2 aromatic rings. The lowest BCUT2D eigenvalue weighted by Crippen LogP contribution is -2.36. The number of pyridine rings is 1. The minimum absolute atomic E-state index is 0.393. The third-order valence-electron chi connectivity index (χ3n) is 4.99. The first kappa shape index (κ1) is 19.7. The van der Waals surface area contributed by atoms with Crippen molar-refractivity contribution in [3.05, 3.63) is 30.3 Å². The summed E-state index contributed by atoms with van der Waals surface area (Å²) in [4.78, 5) is 29.1. The maximum atomic E-state index is 11.4. The molecule has 0 bridgehead atoms. The number of methoxy groups -OCH3 is 1. The van der Waals surface area contributed by atoms with E-state index in [-0.39, 0.29) is 0 Å². The summed E-state index contributed by atoms with van der Waals surface area (Å²) < 4.78 is 9.93. The van der Waals surface area contributed by atoms with E-state index in [4.69, 9.17) is 15.5 Å². The van der Waals surface area contributed by atoms with E-state index in [1.54, 1.807) is 7.11 Å². The quantitative estimate of drug-likeness (QED) is 0.754. The maximum Gasteiger partial charge on any atom is 0.407 e. The van der Waals surface area contributed by atoms with E-state index in [0.29, 0.717) is 12.5 Å². The van der Waals surface area contributed by atoms with Crippen LogP contribution in [0.5, 0.6) is 5.75 Å². The van der Waals surface area contributed by atoms with Crippen molar-refractivity contribution in [2.45, 2.75) is 19.3 Å². The molecular weight excluding hydrogens is 360 g/mol. The summed E-state index contributed by atoms with van der Waals surface area (Å²) in [6, 6.07) is 10.0. The lowest BCUT2D eigenvalue weighted by atomic mass is 9.93. The topological polar surface area (TPSA) is 107 Å². The van der Waals surface area contributed by atoms with Gasteiger partial charge in [-0.3, -0.25) is 4.79 Å². The molecule has 1 aromatic carbocycles. The van der Waals surface area contributed by atoms with Crippen LogP contribution in [0.1, 0.15) is 19.3 Å². The zero-order valence-corrected chi connectivity index (χ0v) is 16.0. The van der Waals surface area contributed by atoms with Gasteiger partial charge in [0, 0.05) is 25.0 Å². The number of aromatic nitrogens is 1. The van der Waals surface area contributed by atoms with Gasteiger partial charge >= 0.3 is 6.09 Å². The van der Waals surface area contributed by atoms with Crippen LogP contribution in [0, 0.1) is 5.92 Å². The molecule has 0 spiro atoms. The number of carbonyl (C=O) groups excluding carboxylic acids is 2. The lowest BCUT2D eigenvalue weighted by molar-refractivity contribution is -0.120. The number of hydrogen-bond acceptors (Lipinski definition) is 6. The molecule has 1 fully saturated rings. The second kappa shape index (κ2) is 9.25. The highest BCUT2D eigenvalue weighted by atomic mass is 16.6. The number of rotatable bonds is 7. The van der Waals surface area contributed by atoms with Crippen LogP contribution in [-0.4, -0.2) is 50.3 Å². The molecule has 3 rings (SSSR count). The molecule has 1 aromatic heterocycles. The summed E-state index contributed by atoms with van der Waals surface area (Å²) in [5, 5.41) is 3.71. The number of piperidine rings is 1. The minimum Gasteiger partial charge on any atom is -0.497 e. The van der Waals surface area contributed by atoms with Crippen molar-refractivity contribution in [3.63, 3.8) is 0 Å². The number of carbonyl (C=O) groups is 2. The smallest absolute Gasteiger partial charge is 0.407 e. The monoisotopic (exact) mass is 386 g/mol. The van der Waals surface area contributed by atoms with Gasteiger partial charge < -0.3 is 25.4 Å². The molecule has 28 heavy (non-hydrogen) atoms. The van der Waals surface area contributed by atoms with Crippen LogP contribution >= 0.6 is 0 Å². The average Bonchev–Trinajstić information content (AvgIpc) is 2.72. The number of benzene rings is 1. The van der Waals surface area contributed by atoms with E-state index in [1.807, 2.05) is 18.2 Å². The summed E-state index contributed by atoms with van der Waals surface area (Å²) in [6.07, 6.45) is 2.36. The predicted molar refractivity (Wildman–Crippen MR) is 106 cm³/mol. The summed E-state index contributed by atoms with van der Waals surface area (Å²) in [5.74, 6) is 1.70. The van der Waals surface area contributed by atoms with Gasteiger partial charge in [-0.15, -0.1) is 0 Å². The Morgan fingerprint density at radius 3 is 2.75 bits per heavy atom. The molecule has 0 saturated carbocycles. The highest BCUT2D eigenvalue weighted by Gasteiger charge is 2.20. The normalized spacial score (nSPS) is 14.7. The maximum absolute atomic E-state index is 11.4. The first-order valence-electron chi connectivity index (χ1n) is 9.44. The van der Waals surface area contributed by atoms with Crippen molar-refractivity contribution in [3.8, 4) is 5.75 Å². The molecule has 3 N–H and O–H groups in total. The van der Waals surface area contributed by atoms with Gasteiger partial charge in [0.1, 0.15) is 11.6 Å². The summed E-state index contributed by atoms with van der Waals surface area (Å²) in [6.45, 7) is 2.00. The van der Waals surface area contributed by atoms with Gasteiger partial charge in [0.15, 0.2) is 6.61 Å². The van der Waals surface area contributed by atoms with Crippen molar-refractivity contribution in [2.75, 3.05) is 38.3 Å². The highest BCUT2D eigenvalue weighted by Crippen LogP contribution is 2.26. The number of amides is 2. The number of fused-ring (bicyclic) bond motifs is 1. The van der Waals surface area contributed by atoms with Gasteiger partial charge in [-0.25, -0.2) is 9.78 Å². The Kier molecular flexibility index (Phi) is 6.52. The Bertz CT molecular complexity index is 834. The number of nitrogens with two attached hydrogens (primary N) is 1. The molecule has 150 valence electrons. The molecular formula is C20H26N4O4. The van der Waals surface area contributed by atoms with E-state index >= 15 is 0 Å². The molecule has 1 saturated heterocycles. The van der Waals surface area contributed by atoms with Gasteiger partial charge in [0.25, 0.3) is 5.91 Å². The second-order valence-corrected chi connectivity index (χ2v) is 6.92. The summed E-state index contributed by atoms with van der Waals surface area (Å²) >= 11 is 0. The van der Waals surface area contributed by atoms with Crippen LogP contribution in [0.2, 0.25) is 0 Å². The number of ether oxygens (including phenoxy) is 2. The first-order chi connectivity index (χ1) is 13.5. The number of alkyl carbamates (subject to hydrolysis) is 1. The van der Waals surface area contributed by atoms with E-state index in [1.165, 1.54) is 0 Å². The molecule has 2 heterocycles. The third kappa shape index (κ3) is 5.25. The average molecular weight is 386 g/mol. The van der Waals surface area contributed by atoms with Crippen molar-refractivity contribution in [2.24, 2.45) is 11.7 Å². The van der Waals surface area contributed by atoms with E-state index in [9.17, 15) is 9.59 Å². The van der Waals surface area contributed by atoms with Gasteiger partial charge in [-0.2, -0.15) is 0 Å². The predicted octanol–water partition coefficient (Wildman–Crippen LogP) is 2.06. The Hall–Kier alpha value is -3.03. The van der Waals surface area contributed by atoms with Crippen molar-refractivity contribution in [1.29, 1.82) is 0 Å². The fourth-order valence-electron chi connectivity index (χ4n) is 3.41. The molecule has 1 aliphatic heterocycles. The Morgan fingerprint density at radius 2 is 2.04 bits per heavy atom. The number of nitrogens with zero attached hydrogens (tertiary/aromatic N) is 2. The van der Waals surface area contributed by atoms with Crippen molar-refractivity contribution < 1.29 is 19.1 Å². The number of hydrogen-bond donors (Lipinski definition) is 2. The Labute approximate surface area is 164 Å². The summed E-state index contributed by atoms with van der Waals surface area (Å²) in [7, 11) is 1.66. The first-order valence-corrected chi connectivity index (χ1v) is 9.44. The number of anilines is 1. The van der Waals surface area contributed by atoms with Crippen LogP contribution < -0.4 is 20.7 Å². The minimum atomic E-state index is -0.663. The van der Waals surface area contributed by atoms with Gasteiger partial charge in [-0.05, 0) is 55.5 Å². The van der Waals surface area contributed by atoms with Crippen LogP contribution in [0.4, 0.5) is 10.6 Å². The van der Waals surface area contributed by atoms with E-state index in [2.05, 4.69) is 27.1 Å². The van der Waals surface area contributed by atoms with Crippen LogP contribution in [0.15, 0.2) is 30.3 Å². The zero-order chi connectivity index (χ0) is 19.9. The summed E-state index contributed by atoms with van der Waals surface area (Å²) in [5.41, 5.74) is 5.89. The molecule has 0 radical (unpaired) electrons. The Morgan fingerprint density at radius 1 is 1.25 bits per heavy atom. The highest BCUT2D eigenvalue weighted by molar-refractivity contribution is 5.82. The number of nitrogens with one attached hydrogen (secondary N) is 1. The Balaban J connectivity index is 1.45. The fourth-order valence-corrected chi connectivity index (χ4v) is 3.41. The van der Waals surface area contributed by atoms with Crippen LogP contribution in [-0.2, 0) is 9.53 Å². The van der Waals surface area contributed by atoms with Crippen LogP contribution in [0.25, 0.3) is 10.9 Å². The SMILES string of the molecule is COc1ccc2nc(N3CCC(CCNC(=O)OCC(N)=O)CC3)ccc2c1. The molecule has 0 aliphatic carbocycles. The molecule has 8 nitrogen and oxygen atoms in total. The largest absolute Gasteiger partial charge is 0.497 e. The van der Waals surface area contributed by atoms with Crippen molar-refractivity contribution in [1.82, 2.24) is 10.3 Å². The van der Waals surface area contributed by atoms with Gasteiger partial charge in [0.05, 0.1) is 12.6 Å². The fraction of sp³-hybridized carbons (Fsp3) is 0.450. The third-order valence-corrected chi connectivity index (χ3v) is 4.99. The lowest BCUT2D eigenvalue weighted by Gasteiger charge is -2.33. The van der Waals surface area contributed by atoms with Gasteiger partial charge in [-0.1, -0.05) is 0 Å². The second-order valence-electron chi connectivity index (χ2n) is 6.92. The standard InChI is InChI=1S/C20H26N4O4/c1-27-16-3-4-17-15(12-16)2-5-19(23-17)24-10-7-14(8-11-24)6-9-22-20(26)28-13-18(21)25/h2-5,12,14H,6-11,13H2,1H3,(H2,21,25)(H,22,26). The van der Waals surface area contributed by atoms with Crippen LogP contribution in [0.3, 0.4) is 0 Å². The molecule has 2 amide bonds. The molecule has 1 aliphatic rings. The van der Waals surface area contributed by atoms with E-state index < -0.39 is 18.6 Å². The van der Waals surface area contributed by atoms with E-state index in [0.717, 1.165) is 54.8 Å². The zero-order valence-electron chi connectivity index (χ0n) is 16.0. The van der Waals surface area contributed by atoms with Crippen molar-refractivity contribution >= 4 is 28.7 Å². The van der Waals surface area contributed by atoms with Gasteiger partial charge in [0.2, 0.25) is 0 Å². The number of primary amides is 1. The molecule has 8 heteroatoms. The molecule has 0 unspecified atom stereocenters. The molecule has 0 atom stereocenters.